The molecule has 3 heterocycles. The van der Waals surface area contributed by atoms with Gasteiger partial charge in [0.05, 0.1) is 27.2 Å². The van der Waals surface area contributed by atoms with Crippen LogP contribution in [0.5, 0.6) is 11.5 Å². The van der Waals surface area contributed by atoms with Crippen LogP contribution in [0.2, 0.25) is 0 Å². The van der Waals surface area contributed by atoms with Crippen LogP contribution in [-0.2, 0) is 19.8 Å². The topological polar surface area (TPSA) is 139 Å². The van der Waals surface area contributed by atoms with E-state index in [2.05, 4.69) is 27.2 Å². The molecular weight excluding hydrogens is 686 g/mol. The van der Waals surface area contributed by atoms with Crippen LogP contribution >= 0.6 is 0 Å². The molecule has 0 bridgehead atoms. The number of unbranched alkanes of at least 4 members (excludes halogenated alkanes) is 1. The second-order valence-electron chi connectivity index (χ2n) is 12.9. The maximum Gasteiger partial charge on any atom is 0.256 e. The first-order chi connectivity index (χ1) is 26.5. The number of nitrogens with zero attached hydrogens (tertiary/aromatic N) is 4. The van der Waals surface area contributed by atoms with E-state index in [1.54, 1.807) is 49.4 Å². The molecular formula is C42H43N5O7. The third-order valence-electron chi connectivity index (χ3n) is 9.66. The van der Waals surface area contributed by atoms with Crippen molar-refractivity contribution < 1.29 is 33.6 Å². The lowest BCUT2D eigenvalue weighted by molar-refractivity contribution is -0.0960. The Labute approximate surface area is 313 Å². The van der Waals surface area contributed by atoms with Crippen LogP contribution in [0.1, 0.15) is 53.0 Å². The smallest absolute Gasteiger partial charge is 0.256 e. The molecule has 1 aliphatic heterocycles. The molecule has 54 heavy (non-hydrogen) atoms. The second kappa shape index (κ2) is 16.6. The summed E-state index contributed by atoms with van der Waals surface area (Å²) in [6, 6.07) is 34.3. The standard InChI is InChI=1S/C42H43N5O7/c1-4-5-24-52-37-36(48)34(54-41(37)47-27-45-35-38(43-26-44-39(35)47)46-40(49)28-12-8-6-9-13-28)25-53-42(29-14-10-7-11-15-29,30-16-20-32(50-2)21-17-30)31-18-22-33(51-3)23-19-31/h6-23,26-27,34,36-37,41,48H,4-5,24-25H2,1-3H3,(H,43,44,46,49)/t34-,36-,37-,41-/m1/s1. The largest absolute Gasteiger partial charge is 0.497 e. The van der Waals surface area contributed by atoms with Gasteiger partial charge in [-0.15, -0.1) is 0 Å². The summed E-state index contributed by atoms with van der Waals surface area (Å²) < 4.78 is 32.8. The van der Waals surface area contributed by atoms with E-state index >= 15 is 0 Å². The van der Waals surface area contributed by atoms with Crippen LogP contribution in [0.3, 0.4) is 0 Å². The van der Waals surface area contributed by atoms with Crippen molar-refractivity contribution in [1.29, 1.82) is 0 Å². The Balaban J connectivity index is 1.24. The Bertz CT molecular complexity index is 2080. The summed E-state index contributed by atoms with van der Waals surface area (Å²) in [4.78, 5) is 26.4. The minimum atomic E-state index is -1.12. The summed E-state index contributed by atoms with van der Waals surface area (Å²) in [5.74, 6) is 1.34. The molecule has 6 aromatic rings. The molecule has 12 heteroatoms. The van der Waals surface area contributed by atoms with E-state index in [1.807, 2.05) is 84.9 Å². The van der Waals surface area contributed by atoms with Gasteiger partial charge in [0.15, 0.2) is 23.2 Å². The molecule has 0 spiro atoms. The summed E-state index contributed by atoms with van der Waals surface area (Å²) in [7, 11) is 3.26. The van der Waals surface area contributed by atoms with Gasteiger partial charge in [-0.05, 0) is 59.5 Å². The van der Waals surface area contributed by atoms with E-state index in [1.165, 1.54) is 6.33 Å². The van der Waals surface area contributed by atoms with Crippen molar-refractivity contribution in [2.24, 2.45) is 0 Å². The van der Waals surface area contributed by atoms with Crippen LogP contribution in [0.4, 0.5) is 5.82 Å². The van der Waals surface area contributed by atoms with Gasteiger partial charge in [-0.2, -0.15) is 0 Å². The Morgan fingerprint density at radius 2 is 1.44 bits per heavy atom. The van der Waals surface area contributed by atoms with Gasteiger partial charge in [-0.3, -0.25) is 9.36 Å². The molecule has 278 valence electrons. The van der Waals surface area contributed by atoms with Crippen LogP contribution in [0.15, 0.2) is 122 Å². The number of carbonyl (C=O) groups excluding carboxylic acids is 1. The molecule has 2 aromatic heterocycles. The summed E-state index contributed by atoms with van der Waals surface area (Å²) in [5.41, 5.74) is 2.71. The molecule has 4 aromatic carbocycles. The van der Waals surface area contributed by atoms with Crippen molar-refractivity contribution in [1.82, 2.24) is 19.5 Å². The highest BCUT2D eigenvalue weighted by Gasteiger charge is 2.48. The number of fused-ring (bicyclic) bond motifs is 1. The zero-order valence-corrected chi connectivity index (χ0v) is 30.4. The van der Waals surface area contributed by atoms with E-state index in [0.29, 0.717) is 34.8 Å². The normalized spacial score (nSPS) is 18.4. The fourth-order valence-corrected chi connectivity index (χ4v) is 6.80. The Morgan fingerprint density at radius 1 is 0.833 bits per heavy atom. The summed E-state index contributed by atoms with van der Waals surface area (Å²) >= 11 is 0. The number of hydrogen-bond acceptors (Lipinski definition) is 10. The SMILES string of the molecule is CCCCO[C@@H]1[C@H](O)[C@@H](COC(c2ccccc2)(c2ccc(OC)cc2)c2ccc(OC)cc2)O[C@H]1n1cnc2c(NC(=O)c3ccccc3)ncnc21. The molecule has 12 nitrogen and oxygen atoms in total. The average molecular weight is 730 g/mol. The highest BCUT2D eigenvalue weighted by atomic mass is 16.6. The number of imidazole rings is 1. The van der Waals surface area contributed by atoms with Crippen molar-refractivity contribution in [2.75, 3.05) is 32.8 Å². The first-order valence-corrected chi connectivity index (χ1v) is 17.9. The number of carbonyl (C=O) groups is 1. The molecule has 7 rings (SSSR count). The molecule has 2 N–H and O–H groups in total. The van der Waals surface area contributed by atoms with Gasteiger partial charge in [0.2, 0.25) is 0 Å². The lowest BCUT2D eigenvalue weighted by atomic mass is 9.80. The highest BCUT2D eigenvalue weighted by Crippen LogP contribution is 2.43. The van der Waals surface area contributed by atoms with Gasteiger partial charge in [0.25, 0.3) is 5.91 Å². The predicted octanol–water partition coefficient (Wildman–Crippen LogP) is 6.55. The minimum Gasteiger partial charge on any atom is -0.497 e. The molecule has 1 saturated heterocycles. The Morgan fingerprint density at radius 3 is 2.06 bits per heavy atom. The third-order valence-corrected chi connectivity index (χ3v) is 9.66. The number of nitrogens with one attached hydrogen (secondary N) is 1. The number of aromatic nitrogens is 4. The molecule has 0 saturated carbocycles. The molecule has 4 atom stereocenters. The highest BCUT2D eigenvalue weighted by molar-refractivity contribution is 6.06. The third kappa shape index (κ3) is 7.29. The fourth-order valence-electron chi connectivity index (χ4n) is 6.80. The van der Waals surface area contributed by atoms with E-state index in [0.717, 1.165) is 29.5 Å². The number of methoxy groups -OCH3 is 2. The van der Waals surface area contributed by atoms with Crippen molar-refractivity contribution in [3.8, 4) is 11.5 Å². The molecule has 1 amide bonds. The Hall–Kier alpha value is -5.66. The van der Waals surface area contributed by atoms with Gasteiger partial charge in [-0.25, -0.2) is 15.0 Å². The summed E-state index contributed by atoms with van der Waals surface area (Å²) in [6.07, 6.45) is 1.13. The average Bonchev–Trinajstić information content (AvgIpc) is 3.80. The Kier molecular flexibility index (Phi) is 11.3. The predicted molar refractivity (Wildman–Crippen MR) is 203 cm³/mol. The molecule has 1 fully saturated rings. The lowest BCUT2D eigenvalue weighted by Gasteiger charge is -2.37. The van der Waals surface area contributed by atoms with Crippen LogP contribution in [0.25, 0.3) is 11.2 Å². The summed E-state index contributed by atoms with van der Waals surface area (Å²) in [5, 5.41) is 14.8. The van der Waals surface area contributed by atoms with Gasteiger partial charge in [0, 0.05) is 12.2 Å². The number of aliphatic hydroxyl groups excluding tert-OH is 1. The van der Waals surface area contributed by atoms with Gasteiger partial charge in [-0.1, -0.05) is 86.1 Å². The van der Waals surface area contributed by atoms with Gasteiger partial charge >= 0.3 is 0 Å². The van der Waals surface area contributed by atoms with Crippen molar-refractivity contribution in [3.63, 3.8) is 0 Å². The van der Waals surface area contributed by atoms with E-state index < -0.39 is 30.1 Å². The maximum atomic E-state index is 13.0. The number of ether oxygens (including phenoxy) is 5. The zero-order valence-electron chi connectivity index (χ0n) is 30.4. The number of amides is 1. The second-order valence-corrected chi connectivity index (χ2v) is 12.9. The molecule has 0 aliphatic carbocycles. The van der Waals surface area contributed by atoms with E-state index in [9.17, 15) is 9.90 Å². The molecule has 1 aliphatic rings. The summed E-state index contributed by atoms with van der Waals surface area (Å²) in [6.45, 7) is 2.47. The van der Waals surface area contributed by atoms with E-state index in [-0.39, 0.29) is 18.3 Å². The van der Waals surface area contributed by atoms with Crippen molar-refractivity contribution in [3.05, 3.63) is 144 Å². The first kappa shape index (κ1) is 36.7. The van der Waals surface area contributed by atoms with Crippen molar-refractivity contribution in [2.45, 2.75) is 49.9 Å². The van der Waals surface area contributed by atoms with Crippen LogP contribution in [-0.4, -0.2) is 76.3 Å². The fraction of sp³-hybridized carbons (Fsp3) is 0.286. The molecule has 0 radical (unpaired) electrons. The zero-order chi connectivity index (χ0) is 37.5. The number of aliphatic hydroxyl groups is 1. The van der Waals surface area contributed by atoms with Crippen LogP contribution in [0, 0.1) is 0 Å². The van der Waals surface area contributed by atoms with Gasteiger partial charge < -0.3 is 34.1 Å². The quantitative estimate of drug-likeness (QED) is 0.0884. The lowest BCUT2D eigenvalue weighted by Crippen LogP contribution is -2.40. The number of hydrogen-bond donors (Lipinski definition) is 2. The van der Waals surface area contributed by atoms with Crippen LogP contribution < -0.4 is 14.8 Å². The monoisotopic (exact) mass is 729 g/mol. The van der Waals surface area contributed by atoms with Gasteiger partial charge in [0.1, 0.15) is 41.7 Å². The maximum absolute atomic E-state index is 13.0. The number of benzene rings is 4. The number of rotatable bonds is 15. The van der Waals surface area contributed by atoms with E-state index in [4.69, 9.17) is 23.7 Å². The van der Waals surface area contributed by atoms with Crippen molar-refractivity contribution >= 4 is 22.9 Å². The molecule has 0 unspecified atom stereocenters. The number of anilines is 1. The minimum absolute atomic E-state index is 0.0156. The first-order valence-electron chi connectivity index (χ1n) is 17.9.